The number of oxazole rings is 1. The van der Waals surface area contributed by atoms with Gasteiger partial charge in [-0.15, -0.1) is 0 Å². The second-order valence-electron chi connectivity index (χ2n) is 5.70. The Morgan fingerprint density at radius 2 is 1.91 bits per heavy atom. The molecule has 0 aliphatic carbocycles. The Kier molecular flexibility index (Phi) is 5.47. The number of carbonyl (C=O) groups is 1. The number of carbonyl (C=O) groups excluding carboxylic acids is 1. The van der Waals surface area contributed by atoms with Crippen molar-refractivity contribution in [2.45, 2.75) is 33.6 Å². The van der Waals surface area contributed by atoms with Gasteiger partial charge in [-0.25, -0.2) is 13.8 Å². The molecule has 0 radical (unpaired) electrons. The van der Waals surface area contributed by atoms with Crippen molar-refractivity contribution in [2.75, 3.05) is 11.4 Å². The van der Waals surface area contributed by atoms with Crippen LogP contribution in [0.25, 0.3) is 0 Å². The molecule has 2 aromatic rings. The summed E-state index contributed by atoms with van der Waals surface area (Å²) in [6.45, 7) is 6.34. The van der Waals surface area contributed by atoms with E-state index in [4.69, 9.17) is 4.42 Å². The molecular formula is C17H20F2N2O2. The zero-order chi connectivity index (χ0) is 17.0. The number of halogens is 2. The van der Waals surface area contributed by atoms with Crippen molar-refractivity contribution < 1.29 is 18.0 Å². The van der Waals surface area contributed by atoms with Crippen LogP contribution >= 0.6 is 0 Å². The van der Waals surface area contributed by atoms with E-state index in [1.54, 1.807) is 0 Å². The summed E-state index contributed by atoms with van der Waals surface area (Å²) >= 11 is 0. The van der Waals surface area contributed by atoms with Crippen LogP contribution in [0.2, 0.25) is 0 Å². The van der Waals surface area contributed by atoms with Crippen LogP contribution in [0.5, 0.6) is 0 Å². The van der Waals surface area contributed by atoms with Gasteiger partial charge in [0.25, 0.3) is 12.3 Å². The molecule has 0 saturated carbocycles. The summed E-state index contributed by atoms with van der Waals surface area (Å²) in [6, 6.07) is 7.48. The number of aryl methyl sites for hydroxylation is 1. The quantitative estimate of drug-likeness (QED) is 0.788. The first kappa shape index (κ1) is 17.1. The number of hydrogen-bond acceptors (Lipinski definition) is 3. The predicted molar refractivity (Wildman–Crippen MR) is 83.8 cm³/mol. The largest absolute Gasteiger partial charge is 0.438 e. The molecule has 2 rings (SSSR count). The fraction of sp³-hybridized carbons (Fsp3) is 0.412. The Balaban J connectivity index is 2.37. The Morgan fingerprint density at radius 3 is 2.43 bits per heavy atom. The molecule has 124 valence electrons. The molecule has 0 aliphatic rings. The number of nitrogens with zero attached hydrogens (tertiary/aromatic N) is 2. The maximum atomic E-state index is 13.0. The van der Waals surface area contributed by atoms with Crippen molar-refractivity contribution in [3.05, 3.63) is 47.7 Å². The van der Waals surface area contributed by atoms with Crippen molar-refractivity contribution in [1.29, 1.82) is 0 Å². The lowest BCUT2D eigenvalue weighted by Crippen LogP contribution is -2.34. The van der Waals surface area contributed by atoms with Gasteiger partial charge in [-0.05, 0) is 30.0 Å². The molecule has 0 saturated heterocycles. The minimum Gasteiger partial charge on any atom is -0.438 e. The maximum absolute atomic E-state index is 13.0. The Morgan fingerprint density at radius 1 is 1.26 bits per heavy atom. The van der Waals surface area contributed by atoms with Crippen LogP contribution in [0, 0.1) is 5.92 Å². The number of anilines is 1. The van der Waals surface area contributed by atoms with E-state index in [-0.39, 0.29) is 5.92 Å². The standard InChI is InChI=1S/C17H20F2N2O2/c1-4-12-5-7-13(8-6-12)21(9-11(2)3)17(22)15-14(16(18)19)20-10-23-15/h5-8,10-11,16H,4,9H2,1-3H3. The van der Waals surface area contributed by atoms with Crippen LogP contribution in [0.1, 0.15) is 49.0 Å². The topological polar surface area (TPSA) is 46.3 Å². The molecule has 0 bridgehead atoms. The number of alkyl halides is 2. The van der Waals surface area contributed by atoms with Crippen LogP contribution in [-0.2, 0) is 6.42 Å². The van der Waals surface area contributed by atoms with Gasteiger partial charge in [0.2, 0.25) is 5.76 Å². The van der Waals surface area contributed by atoms with Crippen molar-refractivity contribution in [1.82, 2.24) is 4.98 Å². The van der Waals surface area contributed by atoms with Crippen LogP contribution in [-0.4, -0.2) is 17.4 Å². The molecule has 0 aliphatic heterocycles. The minimum atomic E-state index is -2.85. The van der Waals surface area contributed by atoms with E-state index < -0.39 is 23.8 Å². The number of rotatable bonds is 6. The smallest absolute Gasteiger partial charge is 0.296 e. The van der Waals surface area contributed by atoms with Gasteiger partial charge in [0.1, 0.15) is 0 Å². The molecule has 0 spiro atoms. The van der Waals surface area contributed by atoms with Crippen LogP contribution in [0.15, 0.2) is 35.1 Å². The Hall–Kier alpha value is -2.24. The summed E-state index contributed by atoms with van der Waals surface area (Å²) in [6.07, 6.45) is -1.09. The second-order valence-corrected chi connectivity index (χ2v) is 5.70. The second kappa shape index (κ2) is 7.35. The molecule has 1 aromatic carbocycles. The van der Waals surface area contributed by atoms with Gasteiger partial charge in [0.15, 0.2) is 12.1 Å². The first-order chi connectivity index (χ1) is 10.9. The number of amides is 1. The third kappa shape index (κ3) is 3.94. The van der Waals surface area contributed by atoms with Gasteiger partial charge in [0.05, 0.1) is 0 Å². The first-order valence-electron chi connectivity index (χ1n) is 7.56. The minimum absolute atomic E-state index is 0.169. The highest BCUT2D eigenvalue weighted by atomic mass is 19.3. The molecule has 0 fully saturated rings. The van der Waals surface area contributed by atoms with Crippen LogP contribution in [0.4, 0.5) is 14.5 Å². The van der Waals surface area contributed by atoms with E-state index in [2.05, 4.69) is 4.98 Å². The van der Waals surface area contributed by atoms with Crippen molar-refractivity contribution >= 4 is 11.6 Å². The zero-order valence-electron chi connectivity index (χ0n) is 13.4. The van der Waals surface area contributed by atoms with Crippen molar-refractivity contribution in [3.63, 3.8) is 0 Å². The lowest BCUT2D eigenvalue weighted by atomic mass is 10.1. The average molecular weight is 322 g/mol. The fourth-order valence-corrected chi connectivity index (χ4v) is 2.28. The molecule has 23 heavy (non-hydrogen) atoms. The van der Waals surface area contributed by atoms with Gasteiger partial charge >= 0.3 is 0 Å². The third-order valence-electron chi connectivity index (χ3n) is 3.45. The molecule has 1 amide bonds. The SMILES string of the molecule is CCc1ccc(N(CC(C)C)C(=O)c2ocnc2C(F)F)cc1. The highest BCUT2D eigenvalue weighted by molar-refractivity contribution is 6.04. The molecule has 1 heterocycles. The van der Waals surface area contributed by atoms with Crippen LogP contribution in [0.3, 0.4) is 0 Å². The van der Waals surface area contributed by atoms with Gasteiger partial charge in [0, 0.05) is 12.2 Å². The summed E-state index contributed by atoms with van der Waals surface area (Å²) in [7, 11) is 0. The summed E-state index contributed by atoms with van der Waals surface area (Å²) in [5.41, 5.74) is 1.17. The summed E-state index contributed by atoms with van der Waals surface area (Å²) in [5, 5.41) is 0. The summed E-state index contributed by atoms with van der Waals surface area (Å²) < 4.78 is 30.8. The van der Waals surface area contributed by atoms with E-state index in [9.17, 15) is 13.6 Å². The lowest BCUT2D eigenvalue weighted by molar-refractivity contribution is 0.0938. The molecule has 0 N–H and O–H groups in total. The predicted octanol–water partition coefficient (Wildman–Crippen LogP) is 4.48. The Labute approximate surface area is 134 Å². The fourth-order valence-electron chi connectivity index (χ4n) is 2.28. The number of aromatic nitrogens is 1. The number of benzene rings is 1. The molecule has 6 heteroatoms. The van der Waals surface area contributed by atoms with Gasteiger partial charge in [-0.1, -0.05) is 32.9 Å². The maximum Gasteiger partial charge on any atom is 0.296 e. The van der Waals surface area contributed by atoms with Crippen LogP contribution < -0.4 is 4.90 Å². The summed E-state index contributed by atoms with van der Waals surface area (Å²) in [5.74, 6) is -0.835. The van der Waals surface area contributed by atoms with E-state index in [1.165, 1.54) is 4.90 Å². The Bertz CT molecular complexity index is 651. The highest BCUT2D eigenvalue weighted by Crippen LogP contribution is 2.25. The lowest BCUT2D eigenvalue weighted by Gasteiger charge is -2.24. The number of hydrogen-bond donors (Lipinski definition) is 0. The summed E-state index contributed by atoms with van der Waals surface area (Å²) in [4.78, 5) is 17.6. The zero-order valence-corrected chi connectivity index (χ0v) is 13.4. The normalized spacial score (nSPS) is 11.3. The molecular weight excluding hydrogens is 302 g/mol. The van der Waals surface area contributed by atoms with Gasteiger partial charge < -0.3 is 9.32 Å². The molecule has 0 atom stereocenters. The van der Waals surface area contributed by atoms with E-state index >= 15 is 0 Å². The van der Waals surface area contributed by atoms with Crippen molar-refractivity contribution in [2.24, 2.45) is 5.92 Å². The van der Waals surface area contributed by atoms with Crippen molar-refractivity contribution in [3.8, 4) is 0 Å². The van der Waals surface area contributed by atoms with E-state index in [1.807, 2.05) is 45.0 Å². The average Bonchev–Trinajstić information content (AvgIpc) is 3.02. The third-order valence-corrected chi connectivity index (χ3v) is 3.45. The van der Waals surface area contributed by atoms with Gasteiger partial charge in [-0.2, -0.15) is 0 Å². The first-order valence-corrected chi connectivity index (χ1v) is 7.56. The molecule has 1 aromatic heterocycles. The van der Waals surface area contributed by atoms with E-state index in [0.717, 1.165) is 18.4 Å². The van der Waals surface area contributed by atoms with E-state index in [0.29, 0.717) is 12.2 Å². The highest BCUT2D eigenvalue weighted by Gasteiger charge is 2.29. The van der Waals surface area contributed by atoms with Gasteiger partial charge in [-0.3, -0.25) is 4.79 Å². The monoisotopic (exact) mass is 322 g/mol. The molecule has 0 unspecified atom stereocenters. The molecule has 4 nitrogen and oxygen atoms in total.